The van der Waals surface area contributed by atoms with Crippen molar-refractivity contribution in [2.75, 3.05) is 0 Å². The van der Waals surface area contributed by atoms with Gasteiger partial charge in [0.25, 0.3) is 0 Å². The van der Waals surface area contributed by atoms with Crippen molar-refractivity contribution in [3.63, 3.8) is 0 Å². The minimum atomic E-state index is -3.90. The molecule has 0 spiro atoms. The summed E-state index contributed by atoms with van der Waals surface area (Å²) in [6.45, 7) is 0. The van der Waals surface area contributed by atoms with E-state index in [1.165, 1.54) is 18.6 Å². The van der Waals surface area contributed by atoms with Crippen LogP contribution in [-0.4, -0.2) is 38.4 Å². The van der Waals surface area contributed by atoms with Crippen LogP contribution in [-0.2, 0) is 19.6 Å². The van der Waals surface area contributed by atoms with Crippen molar-refractivity contribution in [1.82, 2.24) is 15.4 Å². The van der Waals surface area contributed by atoms with E-state index in [1.54, 1.807) is 12.1 Å². The summed E-state index contributed by atoms with van der Waals surface area (Å²) in [4.78, 5) is 25.6. The second-order valence-electron chi connectivity index (χ2n) is 8.91. The first-order valence-electron chi connectivity index (χ1n) is 11.7. The molecular formula is C23H34BrN3O4S. The fourth-order valence-electron chi connectivity index (χ4n) is 4.48. The molecule has 178 valence electrons. The summed E-state index contributed by atoms with van der Waals surface area (Å²) in [5.74, 6) is -0.488. The summed E-state index contributed by atoms with van der Waals surface area (Å²) in [6.07, 6.45) is 10.7. The van der Waals surface area contributed by atoms with E-state index in [-0.39, 0.29) is 41.6 Å². The molecule has 9 heteroatoms. The number of amides is 2. The van der Waals surface area contributed by atoms with Gasteiger partial charge in [0, 0.05) is 23.0 Å². The lowest BCUT2D eigenvalue weighted by atomic mass is 9.95. The van der Waals surface area contributed by atoms with Crippen LogP contribution >= 0.6 is 15.9 Å². The highest BCUT2D eigenvalue weighted by atomic mass is 79.9. The van der Waals surface area contributed by atoms with E-state index in [2.05, 4.69) is 31.3 Å². The third-order valence-electron chi connectivity index (χ3n) is 6.32. The number of hydrogen-bond acceptors (Lipinski definition) is 4. The molecule has 0 aliphatic heterocycles. The average Bonchev–Trinajstić information content (AvgIpc) is 2.78. The van der Waals surface area contributed by atoms with Crippen LogP contribution in [0.25, 0.3) is 0 Å². The molecule has 2 amide bonds. The molecule has 1 aromatic rings. The molecule has 32 heavy (non-hydrogen) atoms. The Hall–Kier alpha value is -1.45. The van der Waals surface area contributed by atoms with Crippen molar-refractivity contribution in [3.8, 4) is 0 Å². The molecule has 3 rings (SSSR count). The largest absolute Gasteiger partial charge is 0.353 e. The molecule has 2 aliphatic carbocycles. The summed E-state index contributed by atoms with van der Waals surface area (Å²) in [6, 6.07) is 5.50. The van der Waals surface area contributed by atoms with Crippen molar-refractivity contribution >= 4 is 37.8 Å². The van der Waals surface area contributed by atoms with Crippen LogP contribution in [0.2, 0.25) is 0 Å². The number of carbonyl (C=O) groups excluding carboxylic acids is 2. The first kappa shape index (κ1) is 25.2. The van der Waals surface area contributed by atoms with Crippen molar-refractivity contribution in [1.29, 1.82) is 0 Å². The van der Waals surface area contributed by atoms with Crippen LogP contribution in [0.1, 0.15) is 77.0 Å². The molecule has 0 radical (unpaired) electrons. The summed E-state index contributed by atoms with van der Waals surface area (Å²) >= 11 is 3.30. The Morgan fingerprint density at radius 2 is 1.41 bits per heavy atom. The third kappa shape index (κ3) is 7.85. The summed E-state index contributed by atoms with van der Waals surface area (Å²) in [7, 11) is -3.90. The number of rotatable bonds is 9. The summed E-state index contributed by atoms with van der Waals surface area (Å²) in [5, 5.41) is 6.04. The minimum absolute atomic E-state index is 0.0620. The molecule has 0 bridgehead atoms. The van der Waals surface area contributed by atoms with Crippen molar-refractivity contribution in [2.45, 2.75) is 100 Å². The van der Waals surface area contributed by atoms with Gasteiger partial charge in [-0.15, -0.1) is 0 Å². The van der Waals surface area contributed by atoms with Gasteiger partial charge < -0.3 is 10.6 Å². The fourth-order valence-corrected chi connectivity index (χ4v) is 5.98. The average molecular weight is 529 g/mol. The van der Waals surface area contributed by atoms with E-state index in [1.807, 2.05) is 0 Å². The van der Waals surface area contributed by atoms with Crippen LogP contribution in [0.15, 0.2) is 33.6 Å². The lowest BCUT2D eigenvalue weighted by Crippen LogP contribution is -2.50. The predicted octanol–water partition coefficient (Wildman–Crippen LogP) is 3.77. The molecule has 0 aromatic heterocycles. The van der Waals surface area contributed by atoms with Gasteiger partial charge in [0.1, 0.15) is 6.04 Å². The second-order valence-corrected chi connectivity index (χ2v) is 11.5. The monoisotopic (exact) mass is 527 g/mol. The van der Waals surface area contributed by atoms with E-state index in [0.717, 1.165) is 62.3 Å². The maximum absolute atomic E-state index is 13.0. The van der Waals surface area contributed by atoms with E-state index in [0.29, 0.717) is 0 Å². The van der Waals surface area contributed by atoms with Crippen LogP contribution in [0.5, 0.6) is 0 Å². The molecule has 0 saturated heterocycles. The first-order valence-corrected chi connectivity index (χ1v) is 14.0. The standard InChI is InChI=1S/C23H34BrN3O4S/c24-17-11-13-20(14-12-17)32(30,31)27-21(23(29)26-19-9-5-2-6-10-19)15-16-22(28)25-18-7-3-1-4-8-18/h11-14,18-19,21,27H,1-10,15-16H2,(H,25,28)(H,26,29). The summed E-state index contributed by atoms with van der Waals surface area (Å²) in [5.41, 5.74) is 0. The SMILES string of the molecule is O=C(CCC(NS(=O)(=O)c1ccc(Br)cc1)C(=O)NC1CCCCC1)NC1CCCCC1. The van der Waals surface area contributed by atoms with Gasteiger partial charge in [-0.1, -0.05) is 54.5 Å². The number of carbonyl (C=O) groups is 2. The van der Waals surface area contributed by atoms with Gasteiger partial charge in [-0.3, -0.25) is 9.59 Å². The molecule has 2 aliphatic rings. The molecule has 7 nitrogen and oxygen atoms in total. The van der Waals surface area contributed by atoms with Crippen LogP contribution in [0.4, 0.5) is 0 Å². The van der Waals surface area contributed by atoms with Crippen molar-refractivity contribution < 1.29 is 18.0 Å². The zero-order valence-corrected chi connectivity index (χ0v) is 20.8. The quantitative estimate of drug-likeness (QED) is 0.454. The molecule has 0 heterocycles. The van der Waals surface area contributed by atoms with Crippen LogP contribution < -0.4 is 15.4 Å². The molecule has 2 saturated carbocycles. The Morgan fingerprint density at radius 3 is 1.97 bits per heavy atom. The zero-order chi connectivity index (χ0) is 23.0. The van der Waals surface area contributed by atoms with Gasteiger partial charge in [0.2, 0.25) is 21.8 Å². The first-order chi connectivity index (χ1) is 15.3. The van der Waals surface area contributed by atoms with E-state index in [4.69, 9.17) is 0 Å². The van der Waals surface area contributed by atoms with Gasteiger partial charge in [-0.05, 0) is 56.4 Å². The highest BCUT2D eigenvalue weighted by molar-refractivity contribution is 9.10. The van der Waals surface area contributed by atoms with Crippen molar-refractivity contribution in [3.05, 3.63) is 28.7 Å². The predicted molar refractivity (Wildman–Crippen MR) is 128 cm³/mol. The van der Waals surface area contributed by atoms with Crippen LogP contribution in [0, 0.1) is 0 Å². The normalized spacial score (nSPS) is 19.3. The van der Waals surface area contributed by atoms with Crippen molar-refractivity contribution in [2.24, 2.45) is 0 Å². The fraction of sp³-hybridized carbons (Fsp3) is 0.652. The molecule has 3 N–H and O–H groups in total. The third-order valence-corrected chi connectivity index (χ3v) is 8.34. The lowest BCUT2D eigenvalue weighted by Gasteiger charge is -2.26. The van der Waals surface area contributed by atoms with E-state index < -0.39 is 16.1 Å². The van der Waals surface area contributed by atoms with Gasteiger partial charge in [-0.25, -0.2) is 8.42 Å². The topological polar surface area (TPSA) is 104 Å². The minimum Gasteiger partial charge on any atom is -0.353 e. The number of hydrogen-bond donors (Lipinski definition) is 3. The highest BCUT2D eigenvalue weighted by Crippen LogP contribution is 2.20. The van der Waals surface area contributed by atoms with Gasteiger partial charge in [0.15, 0.2) is 0 Å². The Morgan fingerprint density at radius 1 is 0.875 bits per heavy atom. The Bertz CT molecular complexity index is 864. The van der Waals surface area contributed by atoms with Gasteiger partial charge >= 0.3 is 0 Å². The van der Waals surface area contributed by atoms with Crippen LogP contribution in [0.3, 0.4) is 0 Å². The molecule has 1 aromatic carbocycles. The number of nitrogens with one attached hydrogen (secondary N) is 3. The Kier molecular flexibility index (Phi) is 9.55. The van der Waals surface area contributed by atoms with E-state index in [9.17, 15) is 18.0 Å². The maximum atomic E-state index is 13.0. The lowest BCUT2D eigenvalue weighted by molar-refractivity contribution is -0.124. The Balaban J connectivity index is 1.64. The van der Waals surface area contributed by atoms with Gasteiger partial charge in [0.05, 0.1) is 4.90 Å². The summed E-state index contributed by atoms with van der Waals surface area (Å²) < 4.78 is 29.1. The number of benzene rings is 1. The number of halogens is 1. The highest BCUT2D eigenvalue weighted by Gasteiger charge is 2.28. The second kappa shape index (κ2) is 12.1. The number of sulfonamides is 1. The maximum Gasteiger partial charge on any atom is 0.241 e. The van der Waals surface area contributed by atoms with Gasteiger partial charge in [-0.2, -0.15) is 4.72 Å². The smallest absolute Gasteiger partial charge is 0.241 e. The molecule has 2 fully saturated rings. The molecular weight excluding hydrogens is 494 g/mol. The molecule has 1 unspecified atom stereocenters. The zero-order valence-electron chi connectivity index (χ0n) is 18.4. The molecule has 1 atom stereocenters. The van der Waals surface area contributed by atoms with E-state index >= 15 is 0 Å². The Labute approximate surface area is 199 Å².